The van der Waals surface area contributed by atoms with E-state index in [9.17, 15) is 14.4 Å². The molecule has 0 aliphatic carbocycles. The molecule has 0 spiro atoms. The van der Waals surface area contributed by atoms with Gasteiger partial charge in [0, 0.05) is 22.1 Å². The molecule has 1 saturated heterocycles. The number of rotatable bonds is 4. The van der Waals surface area contributed by atoms with Crippen LogP contribution in [0.25, 0.3) is 11.8 Å². The van der Waals surface area contributed by atoms with Crippen molar-refractivity contribution in [2.75, 3.05) is 4.90 Å². The number of carbonyl (C=O) groups is 3. The molecule has 0 bridgehead atoms. The minimum absolute atomic E-state index is 0.105. The standard InChI is InChI=1S/C23H18BrN3O3/c1-2-15-5-9-18(10-6-15)27-22(29)20(21(28)25-23(27)30)14-19-4-3-13-26(19)17-11-7-16(24)8-12-17/h3-14H,2H2,1H3,(H,25,28,30)/b20-14+. The molecule has 30 heavy (non-hydrogen) atoms. The van der Waals surface area contributed by atoms with Gasteiger partial charge in [-0.05, 0) is 66.6 Å². The summed E-state index contributed by atoms with van der Waals surface area (Å²) in [7, 11) is 0. The van der Waals surface area contributed by atoms with Crippen LogP contribution in [-0.4, -0.2) is 22.4 Å². The third-order valence-corrected chi connectivity index (χ3v) is 5.41. The Kier molecular flexibility index (Phi) is 5.37. The lowest BCUT2D eigenvalue weighted by atomic mass is 10.1. The normalized spacial score (nSPS) is 15.6. The zero-order valence-corrected chi connectivity index (χ0v) is 17.7. The largest absolute Gasteiger partial charge is 0.335 e. The van der Waals surface area contributed by atoms with Crippen molar-refractivity contribution in [2.24, 2.45) is 0 Å². The maximum Gasteiger partial charge on any atom is 0.335 e. The van der Waals surface area contributed by atoms with Crippen LogP contribution in [0.15, 0.2) is 76.9 Å². The number of aryl methyl sites for hydroxylation is 1. The molecule has 1 aromatic heterocycles. The molecule has 150 valence electrons. The number of nitrogens with zero attached hydrogens (tertiary/aromatic N) is 2. The molecule has 1 N–H and O–H groups in total. The van der Waals surface area contributed by atoms with Crippen LogP contribution in [-0.2, 0) is 16.0 Å². The van der Waals surface area contributed by atoms with E-state index in [4.69, 9.17) is 0 Å². The van der Waals surface area contributed by atoms with Crippen LogP contribution in [0.1, 0.15) is 18.2 Å². The van der Waals surface area contributed by atoms with Gasteiger partial charge in [0.05, 0.1) is 5.69 Å². The van der Waals surface area contributed by atoms with Crippen molar-refractivity contribution in [3.63, 3.8) is 0 Å². The molecule has 1 aliphatic heterocycles. The number of nitrogens with one attached hydrogen (secondary N) is 1. The van der Waals surface area contributed by atoms with Crippen molar-refractivity contribution in [3.05, 3.63) is 88.2 Å². The first kappa shape index (κ1) is 19.8. The first-order chi connectivity index (χ1) is 14.5. The molecule has 0 saturated carbocycles. The van der Waals surface area contributed by atoms with Crippen molar-refractivity contribution in [2.45, 2.75) is 13.3 Å². The Hall–Kier alpha value is -3.45. The monoisotopic (exact) mass is 463 g/mol. The number of barbiturate groups is 1. The van der Waals surface area contributed by atoms with Gasteiger partial charge in [-0.25, -0.2) is 9.69 Å². The van der Waals surface area contributed by atoms with E-state index in [1.165, 1.54) is 6.08 Å². The lowest BCUT2D eigenvalue weighted by Gasteiger charge is -2.26. The minimum Gasteiger partial charge on any atom is -0.317 e. The SMILES string of the molecule is CCc1ccc(N2C(=O)NC(=O)/C(=C\c3cccn3-c3ccc(Br)cc3)C2=O)cc1. The lowest BCUT2D eigenvalue weighted by Crippen LogP contribution is -2.54. The van der Waals surface area contributed by atoms with E-state index in [2.05, 4.69) is 21.2 Å². The number of amides is 4. The van der Waals surface area contributed by atoms with Gasteiger partial charge in [0.15, 0.2) is 0 Å². The molecular formula is C23H18BrN3O3. The zero-order chi connectivity index (χ0) is 21.3. The summed E-state index contributed by atoms with van der Waals surface area (Å²) in [5, 5.41) is 2.26. The van der Waals surface area contributed by atoms with Gasteiger partial charge in [-0.1, -0.05) is 35.0 Å². The predicted molar refractivity (Wildman–Crippen MR) is 118 cm³/mol. The molecular weight excluding hydrogens is 446 g/mol. The van der Waals surface area contributed by atoms with Crippen molar-refractivity contribution < 1.29 is 14.4 Å². The Labute approximate surface area is 181 Å². The summed E-state index contributed by atoms with van der Waals surface area (Å²) >= 11 is 3.41. The van der Waals surface area contributed by atoms with Crippen LogP contribution in [0, 0.1) is 0 Å². The highest BCUT2D eigenvalue weighted by Gasteiger charge is 2.36. The second kappa shape index (κ2) is 8.12. The van der Waals surface area contributed by atoms with E-state index < -0.39 is 17.8 Å². The van der Waals surface area contributed by atoms with Gasteiger partial charge in [-0.15, -0.1) is 0 Å². The molecule has 1 aliphatic rings. The predicted octanol–water partition coefficient (Wildman–Crippen LogP) is 4.47. The number of imide groups is 2. The maximum absolute atomic E-state index is 13.1. The highest BCUT2D eigenvalue weighted by Crippen LogP contribution is 2.24. The molecule has 0 radical (unpaired) electrons. The van der Waals surface area contributed by atoms with Crippen LogP contribution in [0.2, 0.25) is 0 Å². The summed E-state index contributed by atoms with van der Waals surface area (Å²) in [6.45, 7) is 2.02. The van der Waals surface area contributed by atoms with Gasteiger partial charge in [0.25, 0.3) is 11.8 Å². The topological polar surface area (TPSA) is 71.4 Å². The highest BCUT2D eigenvalue weighted by atomic mass is 79.9. The van der Waals surface area contributed by atoms with E-state index in [1.807, 2.05) is 60.2 Å². The lowest BCUT2D eigenvalue weighted by molar-refractivity contribution is -0.122. The fourth-order valence-corrected chi connectivity index (χ4v) is 3.53. The Morgan fingerprint density at radius 2 is 1.60 bits per heavy atom. The van der Waals surface area contributed by atoms with Crippen molar-refractivity contribution in [1.82, 2.24) is 9.88 Å². The first-order valence-electron chi connectivity index (χ1n) is 9.41. The summed E-state index contributed by atoms with van der Waals surface area (Å²) in [5.41, 5.74) is 2.92. The zero-order valence-electron chi connectivity index (χ0n) is 16.1. The second-order valence-corrected chi connectivity index (χ2v) is 7.67. The Bertz CT molecular complexity index is 1160. The van der Waals surface area contributed by atoms with Gasteiger partial charge in [0.2, 0.25) is 0 Å². The number of halogens is 1. The Balaban J connectivity index is 1.71. The summed E-state index contributed by atoms with van der Waals surface area (Å²) < 4.78 is 2.81. The highest BCUT2D eigenvalue weighted by molar-refractivity contribution is 9.10. The molecule has 2 heterocycles. The Morgan fingerprint density at radius 3 is 2.27 bits per heavy atom. The minimum atomic E-state index is -0.755. The molecule has 2 aromatic carbocycles. The van der Waals surface area contributed by atoms with E-state index >= 15 is 0 Å². The fraction of sp³-hybridized carbons (Fsp3) is 0.0870. The number of hydrogen-bond donors (Lipinski definition) is 1. The number of urea groups is 1. The van der Waals surface area contributed by atoms with Crippen molar-refractivity contribution in [1.29, 1.82) is 0 Å². The van der Waals surface area contributed by atoms with Gasteiger partial charge in [0.1, 0.15) is 5.57 Å². The molecule has 0 unspecified atom stereocenters. The second-order valence-electron chi connectivity index (χ2n) is 6.76. The smallest absolute Gasteiger partial charge is 0.317 e. The molecule has 4 amide bonds. The van der Waals surface area contributed by atoms with E-state index in [1.54, 1.807) is 18.2 Å². The fourth-order valence-electron chi connectivity index (χ4n) is 3.27. The summed E-state index contributed by atoms with van der Waals surface area (Å²) in [4.78, 5) is 38.9. The number of anilines is 1. The first-order valence-corrected chi connectivity index (χ1v) is 10.2. The van der Waals surface area contributed by atoms with Crippen LogP contribution in [0.4, 0.5) is 10.5 Å². The number of hydrogen-bond acceptors (Lipinski definition) is 3. The number of aromatic nitrogens is 1. The average Bonchev–Trinajstić information content (AvgIpc) is 3.20. The molecule has 4 rings (SSSR count). The quantitative estimate of drug-likeness (QED) is 0.458. The van der Waals surface area contributed by atoms with Crippen LogP contribution < -0.4 is 10.2 Å². The van der Waals surface area contributed by atoms with E-state index in [-0.39, 0.29) is 5.57 Å². The average molecular weight is 464 g/mol. The van der Waals surface area contributed by atoms with E-state index in [0.717, 1.165) is 27.0 Å². The molecule has 0 atom stereocenters. The third-order valence-electron chi connectivity index (χ3n) is 4.88. The molecule has 6 nitrogen and oxygen atoms in total. The van der Waals surface area contributed by atoms with Crippen LogP contribution >= 0.6 is 15.9 Å². The van der Waals surface area contributed by atoms with Gasteiger partial charge in [-0.2, -0.15) is 0 Å². The third kappa shape index (κ3) is 3.71. The van der Waals surface area contributed by atoms with Crippen molar-refractivity contribution in [3.8, 4) is 5.69 Å². The van der Waals surface area contributed by atoms with Crippen LogP contribution in [0.5, 0.6) is 0 Å². The van der Waals surface area contributed by atoms with Crippen molar-refractivity contribution >= 4 is 45.5 Å². The number of benzene rings is 2. The van der Waals surface area contributed by atoms with Gasteiger partial charge < -0.3 is 4.57 Å². The summed E-state index contributed by atoms with van der Waals surface area (Å²) in [6, 6.07) is 17.6. The molecule has 3 aromatic rings. The van der Waals surface area contributed by atoms with Gasteiger partial charge >= 0.3 is 6.03 Å². The Morgan fingerprint density at radius 1 is 0.933 bits per heavy atom. The molecule has 1 fully saturated rings. The number of carbonyl (C=O) groups excluding carboxylic acids is 3. The van der Waals surface area contributed by atoms with E-state index in [0.29, 0.717) is 11.4 Å². The molecule has 7 heteroatoms. The van der Waals surface area contributed by atoms with Gasteiger partial charge in [-0.3, -0.25) is 14.9 Å². The summed E-state index contributed by atoms with van der Waals surface area (Å²) in [6.07, 6.45) is 4.18. The summed E-state index contributed by atoms with van der Waals surface area (Å²) in [5.74, 6) is -1.37. The van der Waals surface area contributed by atoms with Crippen LogP contribution in [0.3, 0.4) is 0 Å². The maximum atomic E-state index is 13.1.